The summed E-state index contributed by atoms with van der Waals surface area (Å²) in [6.45, 7) is 4.76. The quantitative estimate of drug-likeness (QED) is 0.324. The number of benzene rings is 1. The number of hydrogen-bond acceptors (Lipinski definition) is 9. The highest BCUT2D eigenvalue weighted by Crippen LogP contribution is 2.38. The third-order valence-electron chi connectivity index (χ3n) is 7.80. The third kappa shape index (κ3) is 5.91. The number of carbonyl (C=O) groups excluding carboxylic acids is 2. The number of amides is 2. The van der Waals surface area contributed by atoms with E-state index in [1.165, 1.54) is 24.4 Å². The number of aliphatic hydroxyl groups excluding tert-OH is 1. The normalized spacial score (nSPS) is 21.6. The number of nitrogens with one attached hydrogen (secondary N) is 1. The Morgan fingerprint density at radius 2 is 1.97 bits per heavy atom. The molecule has 4 heterocycles. The molecule has 0 aliphatic carbocycles. The van der Waals surface area contributed by atoms with Gasteiger partial charge in [0.25, 0.3) is 0 Å². The SMILES string of the molecule is COc1ncc(NC(=O)C(=O)N2C[C@@H](C)CC[C@@H]2c2ccc3sc(C4CCN(C)CC4)nc3c2)cc1C(N)O. The van der Waals surface area contributed by atoms with Crippen molar-refractivity contribution in [2.24, 2.45) is 11.7 Å². The average molecular weight is 553 g/mol. The number of carbonyl (C=O) groups is 2. The predicted molar refractivity (Wildman–Crippen MR) is 151 cm³/mol. The summed E-state index contributed by atoms with van der Waals surface area (Å²) in [5, 5.41) is 13.6. The number of nitrogens with two attached hydrogens (primary N) is 1. The number of thiazole rings is 1. The van der Waals surface area contributed by atoms with Crippen molar-refractivity contribution in [1.29, 1.82) is 0 Å². The number of aliphatic hydroxyl groups is 1. The smallest absolute Gasteiger partial charge is 0.313 e. The van der Waals surface area contributed by atoms with E-state index in [9.17, 15) is 14.7 Å². The van der Waals surface area contributed by atoms with Crippen LogP contribution in [0.15, 0.2) is 30.5 Å². The van der Waals surface area contributed by atoms with Crippen molar-refractivity contribution >= 4 is 39.1 Å². The van der Waals surface area contributed by atoms with Crippen LogP contribution in [0.3, 0.4) is 0 Å². The molecule has 2 fully saturated rings. The number of pyridine rings is 1. The lowest BCUT2D eigenvalue weighted by molar-refractivity contribution is -0.146. The minimum absolute atomic E-state index is 0.149. The van der Waals surface area contributed by atoms with Crippen LogP contribution in [0.1, 0.15) is 66.9 Å². The van der Waals surface area contributed by atoms with E-state index in [2.05, 4.69) is 47.4 Å². The average Bonchev–Trinajstić information content (AvgIpc) is 3.36. The van der Waals surface area contributed by atoms with Gasteiger partial charge in [0, 0.05) is 12.5 Å². The van der Waals surface area contributed by atoms with Gasteiger partial charge in [0.15, 0.2) is 0 Å². The summed E-state index contributed by atoms with van der Waals surface area (Å²) in [6.07, 6.45) is 4.00. The molecule has 5 rings (SSSR count). The first-order valence-electron chi connectivity index (χ1n) is 13.4. The Hall–Kier alpha value is -3.12. The first kappa shape index (κ1) is 27.4. The zero-order chi connectivity index (χ0) is 27.7. The van der Waals surface area contributed by atoms with Gasteiger partial charge >= 0.3 is 11.8 Å². The molecule has 2 aliphatic rings. The number of anilines is 1. The number of piperidine rings is 2. The van der Waals surface area contributed by atoms with Crippen LogP contribution in [0.5, 0.6) is 5.88 Å². The third-order valence-corrected chi connectivity index (χ3v) is 9.00. The molecule has 2 saturated heterocycles. The molecule has 3 atom stereocenters. The number of nitrogens with zero attached hydrogens (tertiary/aromatic N) is 4. The number of ether oxygens (including phenoxy) is 1. The predicted octanol–water partition coefficient (Wildman–Crippen LogP) is 3.40. The lowest BCUT2D eigenvalue weighted by atomic mass is 9.89. The molecule has 39 heavy (non-hydrogen) atoms. The maximum absolute atomic E-state index is 13.5. The molecule has 0 radical (unpaired) electrons. The van der Waals surface area contributed by atoms with E-state index >= 15 is 0 Å². The second-order valence-corrected chi connectivity index (χ2v) is 11.8. The first-order chi connectivity index (χ1) is 18.7. The second kappa shape index (κ2) is 11.5. The van der Waals surface area contributed by atoms with E-state index in [1.54, 1.807) is 16.2 Å². The minimum atomic E-state index is -1.34. The van der Waals surface area contributed by atoms with Crippen LogP contribution in [0.4, 0.5) is 5.69 Å². The summed E-state index contributed by atoms with van der Waals surface area (Å²) < 4.78 is 6.26. The maximum Gasteiger partial charge on any atom is 0.313 e. The Balaban J connectivity index is 1.35. The molecule has 11 heteroatoms. The van der Waals surface area contributed by atoms with Crippen LogP contribution in [-0.2, 0) is 9.59 Å². The van der Waals surface area contributed by atoms with Gasteiger partial charge in [-0.2, -0.15) is 0 Å². The highest BCUT2D eigenvalue weighted by molar-refractivity contribution is 7.18. The summed E-state index contributed by atoms with van der Waals surface area (Å²) in [7, 11) is 3.57. The number of rotatable bonds is 5. The van der Waals surface area contributed by atoms with Gasteiger partial charge < -0.3 is 30.7 Å². The fourth-order valence-electron chi connectivity index (χ4n) is 5.56. The summed E-state index contributed by atoms with van der Waals surface area (Å²) >= 11 is 1.76. The lowest BCUT2D eigenvalue weighted by Gasteiger charge is -2.38. The van der Waals surface area contributed by atoms with Crippen LogP contribution >= 0.6 is 11.3 Å². The van der Waals surface area contributed by atoms with Gasteiger partial charge in [-0.1, -0.05) is 13.0 Å². The molecule has 208 valence electrons. The molecule has 2 aliphatic heterocycles. The molecule has 0 bridgehead atoms. The van der Waals surface area contributed by atoms with Gasteiger partial charge in [0.2, 0.25) is 5.88 Å². The van der Waals surface area contributed by atoms with Crippen molar-refractivity contribution in [3.63, 3.8) is 0 Å². The maximum atomic E-state index is 13.5. The Morgan fingerprint density at radius 3 is 2.69 bits per heavy atom. The van der Waals surface area contributed by atoms with E-state index < -0.39 is 18.0 Å². The Kier molecular flexibility index (Phi) is 8.13. The van der Waals surface area contributed by atoms with E-state index in [0.29, 0.717) is 12.5 Å². The molecular weight excluding hydrogens is 516 g/mol. The Labute approximate surface area is 232 Å². The fourth-order valence-corrected chi connectivity index (χ4v) is 6.68. The number of likely N-dealkylation sites (tertiary alicyclic amines) is 2. The number of fused-ring (bicyclic) bond motifs is 1. The minimum Gasteiger partial charge on any atom is -0.481 e. The molecular formula is C28H36N6O4S. The Morgan fingerprint density at radius 1 is 1.21 bits per heavy atom. The second-order valence-electron chi connectivity index (χ2n) is 10.7. The highest BCUT2D eigenvalue weighted by atomic mass is 32.1. The van der Waals surface area contributed by atoms with E-state index in [4.69, 9.17) is 15.5 Å². The number of aromatic nitrogens is 2. The van der Waals surface area contributed by atoms with Gasteiger partial charge in [-0.25, -0.2) is 9.97 Å². The topological polar surface area (TPSA) is 134 Å². The molecule has 3 aromatic rings. The zero-order valence-corrected chi connectivity index (χ0v) is 23.4. The Bertz CT molecular complexity index is 1350. The van der Waals surface area contributed by atoms with Gasteiger partial charge in [-0.15, -0.1) is 11.3 Å². The fraction of sp³-hybridized carbons (Fsp3) is 0.500. The van der Waals surface area contributed by atoms with E-state index in [1.807, 2.05) is 0 Å². The molecule has 4 N–H and O–H groups in total. The zero-order valence-electron chi connectivity index (χ0n) is 22.6. The molecule has 1 unspecified atom stereocenters. The van der Waals surface area contributed by atoms with Crippen molar-refractivity contribution in [2.45, 2.75) is 50.8 Å². The van der Waals surface area contributed by atoms with Gasteiger partial charge in [0.1, 0.15) is 6.23 Å². The molecule has 1 aromatic carbocycles. The van der Waals surface area contributed by atoms with Crippen molar-refractivity contribution in [2.75, 3.05) is 39.1 Å². The molecule has 0 saturated carbocycles. The molecule has 2 amide bonds. The monoisotopic (exact) mass is 552 g/mol. The first-order valence-corrected chi connectivity index (χ1v) is 14.2. The molecule has 0 spiro atoms. The summed E-state index contributed by atoms with van der Waals surface area (Å²) in [6, 6.07) is 7.50. The van der Waals surface area contributed by atoms with Crippen molar-refractivity contribution in [1.82, 2.24) is 19.8 Å². The number of methoxy groups -OCH3 is 1. The van der Waals surface area contributed by atoms with Crippen molar-refractivity contribution in [3.8, 4) is 5.88 Å². The summed E-state index contributed by atoms with van der Waals surface area (Å²) in [4.78, 5) is 39.6. The number of hydrogen-bond donors (Lipinski definition) is 3. The van der Waals surface area contributed by atoms with Crippen LogP contribution in [-0.4, -0.2) is 70.5 Å². The molecule has 10 nitrogen and oxygen atoms in total. The molecule has 2 aromatic heterocycles. The van der Waals surface area contributed by atoms with Crippen molar-refractivity contribution < 1.29 is 19.4 Å². The van der Waals surface area contributed by atoms with Gasteiger partial charge in [0.05, 0.1) is 45.8 Å². The highest BCUT2D eigenvalue weighted by Gasteiger charge is 2.35. The van der Waals surface area contributed by atoms with Crippen LogP contribution in [0, 0.1) is 5.92 Å². The van der Waals surface area contributed by atoms with E-state index in [-0.39, 0.29) is 29.1 Å². The van der Waals surface area contributed by atoms with Crippen LogP contribution in [0.2, 0.25) is 0 Å². The van der Waals surface area contributed by atoms with Crippen LogP contribution in [0.25, 0.3) is 10.2 Å². The summed E-state index contributed by atoms with van der Waals surface area (Å²) in [5.74, 6) is -0.456. The van der Waals surface area contributed by atoms with E-state index in [0.717, 1.165) is 54.6 Å². The van der Waals surface area contributed by atoms with Gasteiger partial charge in [-0.05, 0) is 75.5 Å². The van der Waals surface area contributed by atoms with Crippen molar-refractivity contribution in [3.05, 3.63) is 46.6 Å². The van der Waals surface area contributed by atoms with Gasteiger partial charge in [-0.3, -0.25) is 9.59 Å². The lowest BCUT2D eigenvalue weighted by Crippen LogP contribution is -2.46. The largest absolute Gasteiger partial charge is 0.481 e. The van der Waals surface area contributed by atoms with Crippen LogP contribution < -0.4 is 15.8 Å². The standard InChI is InChI=1S/C28H36N6O4S/c1-16-4-6-22(18-5-7-23-21(12-18)32-27(39-23)17-8-10-33(2)11-9-17)34(15-16)28(37)25(36)31-19-13-20(24(29)35)26(38-3)30-14-19/h5,7,12-14,16-17,22,24,35H,4,6,8-11,15,29H2,1-3H3,(H,31,36)/t16-,22+,24?/m0/s1. The summed E-state index contributed by atoms with van der Waals surface area (Å²) in [5.41, 5.74) is 8.01.